The number of ether oxygens (including phenoxy) is 2. The average molecular weight is 291 g/mol. The van der Waals surface area contributed by atoms with Gasteiger partial charge < -0.3 is 19.6 Å². The first kappa shape index (κ1) is 18.4. The Kier molecular flexibility index (Phi) is 7.62. The molecule has 0 aliphatic heterocycles. The van der Waals surface area contributed by atoms with Gasteiger partial charge in [-0.15, -0.1) is 0 Å². The Balaban J connectivity index is 4.03. The lowest BCUT2D eigenvalue weighted by molar-refractivity contribution is 0.0362. The molecule has 0 rings (SSSR count). The highest BCUT2D eigenvalue weighted by Crippen LogP contribution is 2.36. The average Bonchev–Trinajstić information content (AvgIpc) is 2.22. The molecule has 2 N–H and O–H groups in total. The van der Waals surface area contributed by atoms with Gasteiger partial charge in [-0.3, -0.25) is 0 Å². The van der Waals surface area contributed by atoms with Crippen molar-refractivity contribution in [1.82, 2.24) is 0 Å². The van der Waals surface area contributed by atoms with E-state index in [4.69, 9.17) is 19.6 Å². The van der Waals surface area contributed by atoms with E-state index in [2.05, 4.69) is 33.9 Å². The summed E-state index contributed by atoms with van der Waals surface area (Å²) in [6, 6.07) is 0. The number of methoxy groups -OCH3 is 1. The van der Waals surface area contributed by atoms with Crippen molar-refractivity contribution in [1.29, 1.82) is 0 Å². The lowest BCUT2D eigenvalue weighted by Crippen LogP contribution is -2.41. The second-order valence-electron chi connectivity index (χ2n) is 6.27. The van der Waals surface area contributed by atoms with Crippen LogP contribution in [-0.4, -0.2) is 40.8 Å². The van der Waals surface area contributed by atoms with E-state index in [9.17, 15) is 4.79 Å². The molecule has 19 heavy (non-hydrogen) atoms. The molecule has 0 heterocycles. The predicted molar refractivity (Wildman–Crippen MR) is 78.7 cm³/mol. The van der Waals surface area contributed by atoms with Gasteiger partial charge in [0.2, 0.25) is 0 Å². The van der Waals surface area contributed by atoms with E-state index in [1.54, 1.807) is 7.11 Å². The molecule has 0 saturated carbocycles. The quantitative estimate of drug-likeness (QED) is 0.551. The Morgan fingerprint density at radius 1 is 1.32 bits per heavy atom. The molecule has 0 aromatic carbocycles. The van der Waals surface area contributed by atoms with Crippen LogP contribution >= 0.6 is 0 Å². The van der Waals surface area contributed by atoms with E-state index in [0.29, 0.717) is 19.6 Å². The van der Waals surface area contributed by atoms with Crippen LogP contribution in [0.5, 0.6) is 0 Å². The summed E-state index contributed by atoms with van der Waals surface area (Å²) in [5, 5.41) is 0.211. The Morgan fingerprint density at radius 3 is 2.32 bits per heavy atom. The molecule has 0 fully saturated rings. The molecule has 0 bridgehead atoms. The summed E-state index contributed by atoms with van der Waals surface area (Å²) in [5.41, 5.74) is 5.01. The molecule has 0 aromatic rings. The number of carbonyl (C=O) groups excluding carboxylic acids is 1. The van der Waals surface area contributed by atoms with Crippen LogP contribution in [0.25, 0.3) is 0 Å². The van der Waals surface area contributed by atoms with Gasteiger partial charge in [0.15, 0.2) is 8.32 Å². The molecule has 0 aliphatic carbocycles. The first-order valence-electron chi connectivity index (χ1n) is 6.69. The molecule has 0 spiro atoms. The maximum atomic E-state index is 10.7. The normalized spacial score (nSPS) is 14.2. The smallest absolute Gasteiger partial charge is 0.404 e. The second kappa shape index (κ2) is 7.87. The monoisotopic (exact) mass is 291 g/mol. The summed E-state index contributed by atoms with van der Waals surface area (Å²) < 4.78 is 16.0. The maximum Gasteiger partial charge on any atom is 0.404 e. The fourth-order valence-corrected chi connectivity index (χ4v) is 2.47. The van der Waals surface area contributed by atoms with E-state index in [-0.39, 0.29) is 11.1 Å². The SMILES string of the molecule is COC[C@@H](CCCO[Si](C)(C)C(C)(C)C)OC(N)=O. The van der Waals surface area contributed by atoms with Crippen molar-refractivity contribution < 1.29 is 18.7 Å². The minimum absolute atomic E-state index is 0.211. The van der Waals surface area contributed by atoms with Crippen LogP contribution < -0.4 is 5.73 Å². The van der Waals surface area contributed by atoms with E-state index < -0.39 is 14.4 Å². The first-order chi connectivity index (χ1) is 8.60. The van der Waals surface area contributed by atoms with E-state index in [0.717, 1.165) is 6.42 Å². The molecule has 0 radical (unpaired) electrons. The standard InChI is InChI=1S/C13H29NO4Si/c1-13(2,3)19(5,6)17-9-7-8-11(10-16-4)18-12(14)15/h11H,7-10H2,1-6H3,(H2,14,15)/t11-/m1/s1. The lowest BCUT2D eigenvalue weighted by Gasteiger charge is -2.36. The molecule has 5 nitrogen and oxygen atoms in total. The number of primary amides is 1. The number of hydrogen-bond donors (Lipinski definition) is 1. The van der Waals surface area contributed by atoms with Crippen LogP contribution in [0.4, 0.5) is 4.79 Å². The molecular formula is C13H29NO4Si. The molecule has 0 aromatic heterocycles. The molecule has 6 heteroatoms. The fraction of sp³-hybridized carbons (Fsp3) is 0.923. The zero-order valence-corrected chi connectivity index (χ0v) is 14.1. The molecule has 114 valence electrons. The molecule has 0 aliphatic rings. The first-order valence-corrected chi connectivity index (χ1v) is 9.60. The van der Waals surface area contributed by atoms with Crippen molar-refractivity contribution >= 4 is 14.4 Å². The Bertz CT molecular complexity index is 276. The molecule has 1 atom stereocenters. The number of carbonyl (C=O) groups is 1. The zero-order chi connectivity index (χ0) is 15.1. The highest BCUT2D eigenvalue weighted by molar-refractivity contribution is 6.74. The third kappa shape index (κ3) is 7.54. The van der Waals surface area contributed by atoms with Gasteiger partial charge in [-0.05, 0) is 31.0 Å². The van der Waals surface area contributed by atoms with Gasteiger partial charge in [-0.1, -0.05) is 20.8 Å². The van der Waals surface area contributed by atoms with Gasteiger partial charge in [-0.2, -0.15) is 0 Å². The predicted octanol–water partition coefficient (Wildman–Crippen LogP) is 2.90. The highest BCUT2D eigenvalue weighted by Gasteiger charge is 2.36. The third-order valence-electron chi connectivity index (χ3n) is 3.57. The van der Waals surface area contributed by atoms with Crippen molar-refractivity contribution in [3.05, 3.63) is 0 Å². The fourth-order valence-electron chi connectivity index (χ4n) is 1.38. The third-order valence-corrected chi connectivity index (χ3v) is 8.11. The lowest BCUT2D eigenvalue weighted by atomic mass is 10.2. The number of amides is 1. The summed E-state index contributed by atoms with van der Waals surface area (Å²) in [5.74, 6) is 0. The van der Waals surface area contributed by atoms with E-state index in [1.165, 1.54) is 0 Å². The molecule has 1 amide bonds. The topological polar surface area (TPSA) is 70.8 Å². The van der Waals surface area contributed by atoms with Crippen molar-refractivity contribution in [2.24, 2.45) is 5.73 Å². The number of nitrogens with two attached hydrogens (primary N) is 1. The Morgan fingerprint density at radius 2 is 1.89 bits per heavy atom. The van der Waals surface area contributed by atoms with E-state index >= 15 is 0 Å². The van der Waals surface area contributed by atoms with Crippen LogP contribution in [0.15, 0.2) is 0 Å². The largest absolute Gasteiger partial charge is 0.444 e. The maximum absolute atomic E-state index is 10.7. The van der Waals surface area contributed by atoms with Crippen molar-refractivity contribution in [3.63, 3.8) is 0 Å². The van der Waals surface area contributed by atoms with Crippen molar-refractivity contribution in [2.75, 3.05) is 20.3 Å². The minimum atomic E-state index is -1.69. The van der Waals surface area contributed by atoms with Gasteiger partial charge in [-0.25, -0.2) is 4.79 Å². The summed E-state index contributed by atoms with van der Waals surface area (Å²) >= 11 is 0. The number of rotatable bonds is 8. The summed E-state index contributed by atoms with van der Waals surface area (Å²) in [6.07, 6.45) is 0.483. The number of hydrogen-bond acceptors (Lipinski definition) is 4. The van der Waals surface area contributed by atoms with Crippen LogP contribution in [0.2, 0.25) is 18.1 Å². The van der Waals surface area contributed by atoms with Crippen molar-refractivity contribution in [2.45, 2.75) is 57.8 Å². The van der Waals surface area contributed by atoms with Crippen LogP contribution in [-0.2, 0) is 13.9 Å². The minimum Gasteiger partial charge on any atom is -0.444 e. The van der Waals surface area contributed by atoms with Crippen LogP contribution in [0.3, 0.4) is 0 Å². The zero-order valence-electron chi connectivity index (χ0n) is 13.1. The molecule has 0 saturated heterocycles. The van der Waals surface area contributed by atoms with Crippen LogP contribution in [0, 0.1) is 0 Å². The van der Waals surface area contributed by atoms with Crippen molar-refractivity contribution in [3.8, 4) is 0 Å². The Hall–Kier alpha value is -0.593. The van der Waals surface area contributed by atoms with Gasteiger partial charge in [0, 0.05) is 13.7 Å². The van der Waals surface area contributed by atoms with Gasteiger partial charge in [0.25, 0.3) is 0 Å². The molecular weight excluding hydrogens is 262 g/mol. The highest BCUT2D eigenvalue weighted by atomic mass is 28.4. The van der Waals surface area contributed by atoms with Gasteiger partial charge in [0.1, 0.15) is 6.10 Å². The summed E-state index contributed by atoms with van der Waals surface area (Å²) in [4.78, 5) is 10.7. The summed E-state index contributed by atoms with van der Waals surface area (Å²) in [6.45, 7) is 12.1. The second-order valence-corrected chi connectivity index (χ2v) is 11.1. The van der Waals surface area contributed by atoms with Gasteiger partial charge >= 0.3 is 6.09 Å². The Labute approximate surface area is 117 Å². The van der Waals surface area contributed by atoms with Crippen LogP contribution in [0.1, 0.15) is 33.6 Å². The van der Waals surface area contributed by atoms with E-state index in [1.807, 2.05) is 0 Å². The molecule has 0 unspecified atom stereocenters. The van der Waals surface area contributed by atoms with Gasteiger partial charge in [0.05, 0.1) is 6.61 Å². The summed E-state index contributed by atoms with van der Waals surface area (Å²) in [7, 11) is -0.118.